The number of hydrogen-bond donors (Lipinski definition) is 2. The van der Waals surface area contributed by atoms with Gasteiger partial charge in [-0.2, -0.15) is 0 Å². The number of thiophene rings is 1. The summed E-state index contributed by atoms with van der Waals surface area (Å²) in [5, 5.41) is 15.3. The minimum atomic E-state index is -0.833. The van der Waals surface area contributed by atoms with Crippen LogP contribution in [0, 0.1) is 0 Å². The van der Waals surface area contributed by atoms with Gasteiger partial charge in [-0.25, -0.2) is 0 Å². The van der Waals surface area contributed by atoms with Gasteiger partial charge < -0.3 is 10.4 Å². The lowest BCUT2D eigenvalue weighted by Crippen LogP contribution is -2.22. The van der Waals surface area contributed by atoms with E-state index < -0.39 is 5.97 Å². The highest BCUT2D eigenvalue weighted by Crippen LogP contribution is 2.24. The lowest BCUT2D eigenvalue weighted by Gasteiger charge is -2.15. The molecule has 1 aromatic carbocycles. The van der Waals surface area contributed by atoms with Gasteiger partial charge >= 0.3 is 5.97 Å². The van der Waals surface area contributed by atoms with Gasteiger partial charge in [0.1, 0.15) is 0 Å². The molecule has 106 valence electrons. The minimum Gasteiger partial charge on any atom is -0.481 e. The molecular formula is C14H13Cl2NO2S. The van der Waals surface area contributed by atoms with Gasteiger partial charge in [-0.05, 0) is 35.2 Å². The van der Waals surface area contributed by atoms with E-state index >= 15 is 0 Å². The molecule has 20 heavy (non-hydrogen) atoms. The largest absolute Gasteiger partial charge is 0.481 e. The summed E-state index contributed by atoms with van der Waals surface area (Å²) in [7, 11) is 0. The fourth-order valence-electron chi connectivity index (χ4n) is 1.89. The summed E-state index contributed by atoms with van der Waals surface area (Å²) in [6.07, 6.45) is 0.0365. The number of rotatable bonds is 6. The quantitative estimate of drug-likeness (QED) is 0.827. The Balaban J connectivity index is 2.06. The number of benzene rings is 1. The van der Waals surface area contributed by atoms with Crippen LogP contribution in [-0.2, 0) is 11.3 Å². The van der Waals surface area contributed by atoms with Crippen molar-refractivity contribution in [1.29, 1.82) is 0 Å². The second-order valence-corrected chi connectivity index (χ2v) is 6.18. The molecule has 2 aromatic rings. The van der Waals surface area contributed by atoms with Crippen molar-refractivity contribution < 1.29 is 9.90 Å². The van der Waals surface area contributed by atoms with Crippen LogP contribution in [0.25, 0.3) is 0 Å². The number of aliphatic carboxylic acids is 1. The molecule has 1 heterocycles. The van der Waals surface area contributed by atoms with E-state index in [2.05, 4.69) is 5.32 Å². The predicted molar refractivity (Wildman–Crippen MR) is 82.6 cm³/mol. The average molecular weight is 330 g/mol. The van der Waals surface area contributed by atoms with Crippen LogP contribution < -0.4 is 5.32 Å². The molecule has 0 aliphatic carbocycles. The molecule has 0 saturated carbocycles. The topological polar surface area (TPSA) is 49.3 Å². The molecule has 6 heteroatoms. The number of carbonyl (C=O) groups is 1. The van der Waals surface area contributed by atoms with Crippen molar-refractivity contribution in [1.82, 2.24) is 5.32 Å². The zero-order valence-electron chi connectivity index (χ0n) is 10.5. The molecule has 0 bridgehead atoms. The van der Waals surface area contributed by atoms with Crippen molar-refractivity contribution in [3.05, 3.63) is 56.2 Å². The molecule has 0 saturated heterocycles. The first kappa shape index (κ1) is 15.3. The Hall–Kier alpha value is -1.07. The number of carboxylic acid groups (broad SMARTS) is 1. The van der Waals surface area contributed by atoms with E-state index in [4.69, 9.17) is 28.3 Å². The third kappa shape index (κ3) is 4.49. The number of carboxylic acids is 1. The molecule has 1 aromatic heterocycles. The zero-order chi connectivity index (χ0) is 14.5. The number of halogens is 2. The molecule has 2 N–H and O–H groups in total. The maximum atomic E-state index is 10.9. The van der Waals surface area contributed by atoms with Crippen molar-refractivity contribution in [2.45, 2.75) is 19.0 Å². The third-order valence-electron chi connectivity index (χ3n) is 2.74. The monoisotopic (exact) mass is 329 g/mol. The Morgan fingerprint density at radius 3 is 2.55 bits per heavy atom. The molecule has 0 aliphatic rings. The van der Waals surface area contributed by atoms with Gasteiger partial charge in [0, 0.05) is 21.5 Å². The van der Waals surface area contributed by atoms with E-state index in [9.17, 15) is 4.79 Å². The molecule has 0 amide bonds. The lowest BCUT2D eigenvalue weighted by atomic mass is 10.1. The smallest absolute Gasteiger partial charge is 0.305 e. The summed E-state index contributed by atoms with van der Waals surface area (Å²) < 4.78 is 0. The predicted octanol–water partition coefficient (Wildman–Crippen LogP) is 4.36. The summed E-state index contributed by atoms with van der Waals surface area (Å²) in [6, 6.07) is 8.91. The maximum Gasteiger partial charge on any atom is 0.305 e. The Morgan fingerprint density at radius 2 is 2.00 bits per heavy atom. The van der Waals surface area contributed by atoms with Gasteiger partial charge in [0.25, 0.3) is 0 Å². The second-order valence-electron chi connectivity index (χ2n) is 4.32. The van der Waals surface area contributed by atoms with E-state index in [1.807, 2.05) is 29.6 Å². The third-order valence-corrected chi connectivity index (χ3v) is 4.16. The zero-order valence-corrected chi connectivity index (χ0v) is 12.8. The highest BCUT2D eigenvalue weighted by atomic mass is 35.5. The molecule has 2 rings (SSSR count). The normalized spacial score (nSPS) is 12.3. The molecule has 1 atom stereocenters. The van der Waals surface area contributed by atoms with Crippen LogP contribution in [0.2, 0.25) is 10.0 Å². The maximum absolute atomic E-state index is 10.9. The van der Waals surface area contributed by atoms with Crippen LogP contribution in [0.5, 0.6) is 0 Å². The molecule has 0 aliphatic heterocycles. The van der Waals surface area contributed by atoms with E-state index in [0.29, 0.717) is 16.6 Å². The van der Waals surface area contributed by atoms with Crippen molar-refractivity contribution in [3.8, 4) is 0 Å². The first-order valence-electron chi connectivity index (χ1n) is 5.98. The molecule has 0 fully saturated rings. The minimum absolute atomic E-state index is 0.0365. The van der Waals surface area contributed by atoms with Gasteiger partial charge in [-0.15, -0.1) is 11.3 Å². The first-order chi connectivity index (χ1) is 9.54. The molecule has 1 unspecified atom stereocenters. The SMILES string of the molecule is O=C(O)CC(NCc1cc(Cl)cc(Cl)c1)c1cccs1. The highest BCUT2D eigenvalue weighted by Gasteiger charge is 2.16. The standard InChI is InChI=1S/C14H13Cl2NO2S/c15-10-4-9(5-11(16)6-10)8-17-12(7-14(18)19)13-2-1-3-20-13/h1-6,12,17H,7-8H2,(H,18,19). The van der Waals surface area contributed by atoms with Gasteiger partial charge in [0.2, 0.25) is 0 Å². The summed E-state index contributed by atoms with van der Waals surface area (Å²) in [4.78, 5) is 11.9. The summed E-state index contributed by atoms with van der Waals surface area (Å²) in [5.74, 6) is -0.833. The van der Waals surface area contributed by atoms with Crippen molar-refractivity contribution >= 4 is 40.5 Å². The average Bonchev–Trinajstić information content (AvgIpc) is 2.86. The number of nitrogens with one attached hydrogen (secondary N) is 1. The fourth-order valence-corrected chi connectivity index (χ4v) is 3.27. The van der Waals surface area contributed by atoms with Crippen molar-refractivity contribution in [2.75, 3.05) is 0 Å². The Labute approximate surface area is 131 Å². The van der Waals surface area contributed by atoms with Crippen LogP contribution in [-0.4, -0.2) is 11.1 Å². The van der Waals surface area contributed by atoms with E-state index in [0.717, 1.165) is 10.4 Å². The summed E-state index contributed by atoms with van der Waals surface area (Å²) in [5.41, 5.74) is 0.925. The summed E-state index contributed by atoms with van der Waals surface area (Å²) in [6.45, 7) is 0.510. The Morgan fingerprint density at radius 1 is 1.30 bits per heavy atom. The Bertz CT molecular complexity index is 567. The van der Waals surface area contributed by atoms with Crippen LogP contribution in [0.1, 0.15) is 22.9 Å². The molecule has 3 nitrogen and oxygen atoms in total. The van der Waals surface area contributed by atoms with Crippen LogP contribution in [0.4, 0.5) is 0 Å². The van der Waals surface area contributed by atoms with E-state index in [1.165, 1.54) is 11.3 Å². The Kier molecular flexibility index (Phi) is 5.43. The second kappa shape index (κ2) is 7.09. The summed E-state index contributed by atoms with van der Waals surface area (Å²) >= 11 is 13.4. The van der Waals surface area contributed by atoms with Gasteiger partial charge in [0.15, 0.2) is 0 Å². The fraction of sp³-hybridized carbons (Fsp3) is 0.214. The van der Waals surface area contributed by atoms with Crippen LogP contribution in [0.15, 0.2) is 35.7 Å². The van der Waals surface area contributed by atoms with Gasteiger partial charge in [-0.3, -0.25) is 4.79 Å². The van der Waals surface area contributed by atoms with Gasteiger partial charge in [-0.1, -0.05) is 29.3 Å². The van der Waals surface area contributed by atoms with Crippen molar-refractivity contribution in [3.63, 3.8) is 0 Å². The molecule has 0 spiro atoms. The van der Waals surface area contributed by atoms with Crippen LogP contribution in [0.3, 0.4) is 0 Å². The lowest BCUT2D eigenvalue weighted by molar-refractivity contribution is -0.137. The van der Waals surface area contributed by atoms with Crippen molar-refractivity contribution in [2.24, 2.45) is 0 Å². The van der Waals surface area contributed by atoms with Crippen LogP contribution >= 0.6 is 34.5 Å². The number of hydrogen-bond acceptors (Lipinski definition) is 3. The highest BCUT2D eigenvalue weighted by molar-refractivity contribution is 7.10. The first-order valence-corrected chi connectivity index (χ1v) is 7.61. The van der Waals surface area contributed by atoms with Gasteiger partial charge in [0.05, 0.1) is 12.5 Å². The van der Waals surface area contributed by atoms with E-state index in [-0.39, 0.29) is 12.5 Å². The molecule has 0 radical (unpaired) electrons. The molecular weight excluding hydrogens is 317 g/mol. The van der Waals surface area contributed by atoms with E-state index in [1.54, 1.807) is 6.07 Å².